The van der Waals surface area contributed by atoms with Crippen molar-refractivity contribution in [3.63, 3.8) is 0 Å². The standard InChI is InChI=1S/C14H16N6O2S/c15-9-1-5-11(6-2-9)23(21,22)12-7-3-10(4-8-12)19-14(18)20-13(16)17/h1-8H,15H2,(H6,16,17,18,19,20). The highest BCUT2D eigenvalue weighted by molar-refractivity contribution is 7.91. The summed E-state index contributed by atoms with van der Waals surface area (Å²) in [4.78, 5) is 7.79. The van der Waals surface area contributed by atoms with Gasteiger partial charge < -0.3 is 22.9 Å². The van der Waals surface area contributed by atoms with Gasteiger partial charge in [0.15, 0.2) is 5.96 Å². The summed E-state index contributed by atoms with van der Waals surface area (Å²) in [5, 5.41) is 0. The van der Waals surface area contributed by atoms with Gasteiger partial charge in [-0.2, -0.15) is 4.99 Å². The van der Waals surface area contributed by atoms with Crippen LogP contribution in [0.2, 0.25) is 0 Å². The van der Waals surface area contributed by atoms with Crippen LogP contribution in [0.4, 0.5) is 11.4 Å². The zero-order chi connectivity index (χ0) is 17.0. The highest BCUT2D eigenvalue weighted by Gasteiger charge is 2.17. The topological polar surface area (TPSA) is 163 Å². The summed E-state index contributed by atoms with van der Waals surface area (Å²) in [6.07, 6.45) is 0. The number of anilines is 1. The maximum absolute atomic E-state index is 12.5. The van der Waals surface area contributed by atoms with Gasteiger partial charge in [0.2, 0.25) is 15.8 Å². The van der Waals surface area contributed by atoms with E-state index in [4.69, 9.17) is 22.9 Å². The lowest BCUT2D eigenvalue weighted by atomic mass is 10.3. The van der Waals surface area contributed by atoms with E-state index in [2.05, 4.69) is 9.98 Å². The zero-order valence-corrected chi connectivity index (χ0v) is 12.9. The van der Waals surface area contributed by atoms with E-state index in [1.807, 2.05) is 0 Å². The highest BCUT2D eigenvalue weighted by atomic mass is 32.2. The molecule has 0 aromatic heterocycles. The maximum Gasteiger partial charge on any atom is 0.223 e. The number of nitrogen functional groups attached to an aromatic ring is 1. The van der Waals surface area contributed by atoms with Crippen molar-refractivity contribution in [2.24, 2.45) is 27.2 Å². The summed E-state index contributed by atoms with van der Waals surface area (Å²) < 4.78 is 24.9. The molecular weight excluding hydrogens is 316 g/mol. The van der Waals surface area contributed by atoms with Crippen molar-refractivity contribution in [2.75, 3.05) is 5.73 Å². The summed E-state index contributed by atoms with van der Waals surface area (Å²) in [5.74, 6) is -0.340. The SMILES string of the molecule is NC(N)=NC(N)=Nc1ccc(S(=O)(=O)c2ccc(N)cc2)cc1. The Bertz CT molecular complexity index is 851. The summed E-state index contributed by atoms with van der Waals surface area (Å²) >= 11 is 0. The van der Waals surface area contributed by atoms with Gasteiger partial charge in [-0.05, 0) is 48.5 Å². The number of sulfone groups is 1. The van der Waals surface area contributed by atoms with E-state index < -0.39 is 9.84 Å². The summed E-state index contributed by atoms with van der Waals surface area (Å²) in [6, 6.07) is 11.8. The van der Waals surface area contributed by atoms with E-state index in [9.17, 15) is 8.42 Å². The maximum atomic E-state index is 12.5. The van der Waals surface area contributed by atoms with Crippen LogP contribution < -0.4 is 22.9 Å². The number of benzene rings is 2. The monoisotopic (exact) mass is 332 g/mol. The smallest absolute Gasteiger partial charge is 0.223 e. The number of guanidine groups is 2. The molecule has 0 amide bonds. The Morgan fingerprint density at radius 1 is 0.826 bits per heavy atom. The van der Waals surface area contributed by atoms with Gasteiger partial charge >= 0.3 is 0 Å². The minimum atomic E-state index is -3.62. The molecule has 8 N–H and O–H groups in total. The summed E-state index contributed by atoms with van der Waals surface area (Å²) in [7, 11) is -3.62. The predicted molar refractivity (Wildman–Crippen MR) is 89.8 cm³/mol. The molecule has 0 aliphatic rings. The quantitative estimate of drug-likeness (QED) is 0.359. The van der Waals surface area contributed by atoms with Gasteiger partial charge in [-0.1, -0.05) is 0 Å². The second-order valence-corrected chi connectivity index (χ2v) is 6.52. The van der Waals surface area contributed by atoms with Crippen LogP contribution in [0.25, 0.3) is 0 Å². The minimum absolute atomic E-state index is 0.126. The summed E-state index contributed by atoms with van der Waals surface area (Å²) in [5.41, 5.74) is 22.3. The van der Waals surface area contributed by atoms with Gasteiger partial charge in [0.05, 0.1) is 15.5 Å². The van der Waals surface area contributed by atoms with Gasteiger partial charge in [-0.3, -0.25) is 0 Å². The van der Waals surface area contributed by atoms with Crippen molar-refractivity contribution >= 4 is 33.1 Å². The van der Waals surface area contributed by atoms with E-state index in [1.165, 1.54) is 48.5 Å². The average molecular weight is 332 g/mol. The first-order valence-corrected chi connectivity index (χ1v) is 7.92. The number of nitrogens with two attached hydrogens (primary N) is 4. The van der Waals surface area contributed by atoms with Gasteiger partial charge in [-0.15, -0.1) is 0 Å². The van der Waals surface area contributed by atoms with Gasteiger partial charge in [-0.25, -0.2) is 13.4 Å². The van der Waals surface area contributed by atoms with Crippen LogP contribution in [-0.4, -0.2) is 20.3 Å². The molecule has 23 heavy (non-hydrogen) atoms. The molecule has 120 valence electrons. The number of aliphatic imine (C=N–C) groups is 2. The third-order valence-corrected chi connectivity index (χ3v) is 4.61. The van der Waals surface area contributed by atoms with Crippen molar-refractivity contribution in [2.45, 2.75) is 9.79 Å². The highest BCUT2D eigenvalue weighted by Crippen LogP contribution is 2.23. The van der Waals surface area contributed by atoms with E-state index in [1.54, 1.807) is 0 Å². The lowest BCUT2D eigenvalue weighted by molar-refractivity contribution is 0.596. The Kier molecular flexibility index (Phi) is 4.51. The normalized spacial score (nSPS) is 11.9. The third kappa shape index (κ3) is 3.98. The molecule has 0 fully saturated rings. The van der Waals surface area contributed by atoms with E-state index in [0.717, 1.165) is 0 Å². The fourth-order valence-corrected chi connectivity index (χ4v) is 3.03. The van der Waals surface area contributed by atoms with Crippen molar-refractivity contribution in [3.8, 4) is 0 Å². The Morgan fingerprint density at radius 3 is 1.78 bits per heavy atom. The van der Waals surface area contributed by atoms with Crippen LogP contribution in [0, 0.1) is 0 Å². The molecule has 2 aromatic carbocycles. The average Bonchev–Trinajstić information content (AvgIpc) is 2.47. The Balaban J connectivity index is 2.32. The van der Waals surface area contributed by atoms with E-state index >= 15 is 0 Å². The van der Waals surface area contributed by atoms with Gasteiger partial charge in [0.1, 0.15) is 0 Å². The molecule has 0 saturated heterocycles. The van der Waals surface area contributed by atoms with Crippen LogP contribution in [0.3, 0.4) is 0 Å². The summed E-state index contributed by atoms with van der Waals surface area (Å²) in [6.45, 7) is 0. The molecule has 0 heterocycles. The molecule has 0 radical (unpaired) electrons. The lowest BCUT2D eigenvalue weighted by Gasteiger charge is -2.05. The van der Waals surface area contributed by atoms with E-state index in [0.29, 0.717) is 11.4 Å². The molecule has 0 aliphatic carbocycles. The van der Waals surface area contributed by atoms with Crippen molar-refractivity contribution < 1.29 is 8.42 Å². The number of hydrogen-bond donors (Lipinski definition) is 4. The minimum Gasteiger partial charge on any atom is -0.399 e. The fourth-order valence-electron chi connectivity index (χ4n) is 1.77. The van der Waals surface area contributed by atoms with Crippen LogP contribution in [0.5, 0.6) is 0 Å². The molecule has 0 spiro atoms. The Morgan fingerprint density at radius 2 is 1.30 bits per heavy atom. The first-order chi connectivity index (χ1) is 10.8. The second-order valence-electron chi connectivity index (χ2n) is 4.57. The molecule has 2 rings (SSSR count). The molecular formula is C14H16N6O2S. The predicted octanol–water partition coefficient (Wildman–Crippen LogP) is 0.321. The van der Waals surface area contributed by atoms with Crippen LogP contribution in [0.15, 0.2) is 68.3 Å². The number of hydrogen-bond acceptors (Lipinski definition) is 4. The van der Waals surface area contributed by atoms with Crippen molar-refractivity contribution in [1.82, 2.24) is 0 Å². The molecule has 0 unspecified atom stereocenters. The number of nitrogens with zero attached hydrogens (tertiary/aromatic N) is 2. The molecule has 2 aromatic rings. The molecule has 8 nitrogen and oxygen atoms in total. The van der Waals surface area contributed by atoms with Crippen LogP contribution >= 0.6 is 0 Å². The fraction of sp³-hybridized carbons (Fsp3) is 0. The molecule has 9 heteroatoms. The largest absolute Gasteiger partial charge is 0.399 e. The first-order valence-electron chi connectivity index (χ1n) is 6.43. The Hall–Kier alpha value is -3.07. The molecule has 0 aliphatic heterocycles. The molecule has 0 atom stereocenters. The van der Waals surface area contributed by atoms with Gasteiger partial charge in [0.25, 0.3) is 0 Å². The van der Waals surface area contributed by atoms with Crippen molar-refractivity contribution in [1.29, 1.82) is 0 Å². The molecule has 0 bridgehead atoms. The zero-order valence-electron chi connectivity index (χ0n) is 12.0. The van der Waals surface area contributed by atoms with Crippen molar-refractivity contribution in [3.05, 3.63) is 48.5 Å². The van der Waals surface area contributed by atoms with Crippen LogP contribution in [0.1, 0.15) is 0 Å². The van der Waals surface area contributed by atoms with Crippen LogP contribution in [-0.2, 0) is 9.84 Å². The lowest BCUT2D eigenvalue weighted by Crippen LogP contribution is -2.26. The second kappa shape index (κ2) is 6.36. The van der Waals surface area contributed by atoms with E-state index in [-0.39, 0.29) is 21.7 Å². The Labute approximate surface area is 133 Å². The third-order valence-electron chi connectivity index (χ3n) is 2.82. The van der Waals surface area contributed by atoms with Gasteiger partial charge in [0, 0.05) is 5.69 Å². The first kappa shape index (κ1) is 16.3. The number of rotatable bonds is 3. The molecule has 0 saturated carbocycles.